The molecule has 1 unspecified atom stereocenters. The van der Waals surface area contributed by atoms with Crippen LogP contribution in [0.2, 0.25) is 0 Å². The van der Waals surface area contributed by atoms with Crippen molar-refractivity contribution >= 4 is 28.3 Å². The summed E-state index contributed by atoms with van der Waals surface area (Å²) in [7, 11) is 2.08. The summed E-state index contributed by atoms with van der Waals surface area (Å²) in [5.74, 6) is -0.311. The molecule has 6 nitrogen and oxygen atoms in total. The normalized spacial score (nSPS) is 15.3. The number of nitrogens with one attached hydrogen (secondary N) is 2. The molecule has 25 heavy (non-hydrogen) atoms. The summed E-state index contributed by atoms with van der Waals surface area (Å²) in [5, 5.41) is 6.35. The fourth-order valence-corrected chi connectivity index (χ4v) is 3.88. The minimum absolute atomic E-state index is 0.139. The summed E-state index contributed by atoms with van der Waals surface area (Å²) in [6, 6.07) is 8.73. The molecule has 0 aliphatic carbocycles. The van der Waals surface area contributed by atoms with Crippen molar-refractivity contribution in [2.45, 2.75) is 32.4 Å². The maximum atomic E-state index is 12.2. The van der Waals surface area contributed by atoms with Crippen LogP contribution in [0.15, 0.2) is 30.3 Å². The number of rotatable bonds is 5. The van der Waals surface area contributed by atoms with Gasteiger partial charge in [0.15, 0.2) is 5.13 Å². The SMILES string of the molecule is CC(CC(=O)Nc1nc2c(s1)CN(C)CC2)NC(=O)c1ccccc1. The molecule has 1 atom stereocenters. The second kappa shape index (κ2) is 7.76. The summed E-state index contributed by atoms with van der Waals surface area (Å²) in [4.78, 5) is 32.3. The van der Waals surface area contributed by atoms with Gasteiger partial charge >= 0.3 is 0 Å². The molecular formula is C18H22N4O2S. The molecule has 1 aliphatic heterocycles. The molecule has 2 heterocycles. The number of likely N-dealkylation sites (N-methyl/N-ethyl adjacent to an activating group) is 1. The van der Waals surface area contributed by atoms with Crippen molar-refractivity contribution in [2.24, 2.45) is 0 Å². The van der Waals surface area contributed by atoms with Gasteiger partial charge in [0.25, 0.3) is 5.91 Å². The lowest BCUT2D eigenvalue weighted by Gasteiger charge is -2.20. The minimum atomic E-state index is -0.256. The fraction of sp³-hybridized carbons (Fsp3) is 0.389. The largest absolute Gasteiger partial charge is 0.349 e. The molecule has 1 aromatic heterocycles. The van der Waals surface area contributed by atoms with E-state index in [0.717, 1.165) is 25.2 Å². The first-order valence-electron chi connectivity index (χ1n) is 8.34. The highest BCUT2D eigenvalue weighted by Crippen LogP contribution is 2.27. The number of nitrogens with zero attached hydrogens (tertiary/aromatic N) is 2. The Balaban J connectivity index is 1.51. The monoisotopic (exact) mass is 358 g/mol. The van der Waals surface area contributed by atoms with E-state index < -0.39 is 0 Å². The second-order valence-corrected chi connectivity index (χ2v) is 7.45. The number of hydrogen-bond acceptors (Lipinski definition) is 5. The zero-order chi connectivity index (χ0) is 17.8. The van der Waals surface area contributed by atoms with Gasteiger partial charge in [-0.3, -0.25) is 9.59 Å². The number of amides is 2. The maximum absolute atomic E-state index is 12.2. The molecule has 1 aromatic carbocycles. The summed E-state index contributed by atoms with van der Waals surface area (Å²) < 4.78 is 0. The molecule has 1 aliphatic rings. The van der Waals surface area contributed by atoms with Gasteiger partial charge in [0, 0.05) is 42.4 Å². The zero-order valence-corrected chi connectivity index (χ0v) is 15.2. The van der Waals surface area contributed by atoms with E-state index >= 15 is 0 Å². The van der Waals surface area contributed by atoms with E-state index in [4.69, 9.17) is 0 Å². The Morgan fingerprint density at radius 3 is 2.84 bits per heavy atom. The molecule has 2 aromatic rings. The van der Waals surface area contributed by atoms with Crippen LogP contribution in [-0.2, 0) is 17.8 Å². The average Bonchev–Trinajstić information content (AvgIpc) is 2.96. The van der Waals surface area contributed by atoms with E-state index in [1.165, 1.54) is 16.2 Å². The van der Waals surface area contributed by atoms with Gasteiger partial charge < -0.3 is 15.5 Å². The lowest BCUT2D eigenvalue weighted by Crippen LogP contribution is -2.35. The molecule has 7 heteroatoms. The highest BCUT2D eigenvalue weighted by Gasteiger charge is 2.20. The summed E-state index contributed by atoms with van der Waals surface area (Å²) in [5.41, 5.74) is 1.68. The van der Waals surface area contributed by atoms with Crippen LogP contribution in [0.5, 0.6) is 0 Å². The minimum Gasteiger partial charge on any atom is -0.349 e. The van der Waals surface area contributed by atoms with Crippen LogP contribution in [0.25, 0.3) is 0 Å². The third-order valence-electron chi connectivity index (χ3n) is 4.07. The Labute approximate surface area is 151 Å². The molecule has 2 N–H and O–H groups in total. The number of benzene rings is 1. The lowest BCUT2D eigenvalue weighted by molar-refractivity contribution is -0.116. The van der Waals surface area contributed by atoms with Gasteiger partial charge in [0.1, 0.15) is 0 Å². The number of aromatic nitrogens is 1. The molecule has 2 amide bonds. The zero-order valence-electron chi connectivity index (χ0n) is 14.4. The van der Waals surface area contributed by atoms with Crippen molar-refractivity contribution in [1.29, 1.82) is 0 Å². The van der Waals surface area contributed by atoms with Crippen LogP contribution >= 0.6 is 11.3 Å². The molecule has 0 fully saturated rings. The van der Waals surface area contributed by atoms with Gasteiger partial charge in [-0.05, 0) is 26.1 Å². The number of carbonyl (C=O) groups is 2. The predicted octanol–water partition coefficient (Wildman–Crippen LogP) is 2.28. The third-order valence-corrected chi connectivity index (χ3v) is 5.07. The molecule has 0 bridgehead atoms. The van der Waals surface area contributed by atoms with Gasteiger partial charge in [-0.2, -0.15) is 0 Å². The van der Waals surface area contributed by atoms with Crippen LogP contribution in [0, 0.1) is 0 Å². The summed E-state index contributed by atoms with van der Waals surface area (Å²) >= 11 is 1.53. The van der Waals surface area contributed by atoms with Crippen molar-refractivity contribution < 1.29 is 9.59 Å². The van der Waals surface area contributed by atoms with Crippen LogP contribution < -0.4 is 10.6 Å². The molecule has 0 saturated carbocycles. The Morgan fingerprint density at radius 2 is 2.08 bits per heavy atom. The van der Waals surface area contributed by atoms with Crippen molar-refractivity contribution in [2.75, 3.05) is 18.9 Å². The fourth-order valence-electron chi connectivity index (χ4n) is 2.77. The molecule has 0 saturated heterocycles. The van der Waals surface area contributed by atoms with Crippen LogP contribution in [0.1, 0.15) is 34.3 Å². The quantitative estimate of drug-likeness (QED) is 0.860. The molecule has 0 spiro atoms. The Kier molecular flexibility index (Phi) is 5.45. The topological polar surface area (TPSA) is 74.3 Å². The number of fused-ring (bicyclic) bond motifs is 1. The van der Waals surface area contributed by atoms with Crippen molar-refractivity contribution in [3.8, 4) is 0 Å². The van der Waals surface area contributed by atoms with E-state index in [1.54, 1.807) is 12.1 Å². The summed E-state index contributed by atoms with van der Waals surface area (Å²) in [6.45, 7) is 3.70. The number of anilines is 1. The molecule has 132 valence electrons. The Hall–Kier alpha value is -2.25. The molecule has 3 rings (SSSR count). The van der Waals surface area contributed by atoms with Crippen molar-refractivity contribution in [3.05, 3.63) is 46.5 Å². The van der Waals surface area contributed by atoms with E-state index in [-0.39, 0.29) is 24.3 Å². The standard InChI is InChI=1S/C18H22N4O2S/c1-12(19-17(24)13-6-4-3-5-7-13)10-16(23)21-18-20-14-8-9-22(2)11-15(14)25-18/h3-7,12H,8-11H2,1-2H3,(H,19,24)(H,20,21,23). The van der Waals surface area contributed by atoms with Gasteiger partial charge in [-0.25, -0.2) is 4.98 Å². The van der Waals surface area contributed by atoms with Crippen molar-refractivity contribution in [1.82, 2.24) is 15.2 Å². The molecular weight excluding hydrogens is 336 g/mol. The van der Waals surface area contributed by atoms with Gasteiger partial charge in [0.05, 0.1) is 5.69 Å². The highest BCUT2D eigenvalue weighted by molar-refractivity contribution is 7.15. The maximum Gasteiger partial charge on any atom is 0.251 e. The van der Waals surface area contributed by atoms with E-state index in [1.807, 2.05) is 25.1 Å². The first-order chi connectivity index (χ1) is 12.0. The van der Waals surface area contributed by atoms with Gasteiger partial charge in [-0.1, -0.05) is 18.2 Å². The van der Waals surface area contributed by atoms with Gasteiger partial charge in [-0.15, -0.1) is 11.3 Å². The first-order valence-corrected chi connectivity index (χ1v) is 9.16. The number of thiazole rings is 1. The van der Waals surface area contributed by atoms with Gasteiger partial charge in [0.2, 0.25) is 5.91 Å². The smallest absolute Gasteiger partial charge is 0.251 e. The highest BCUT2D eigenvalue weighted by atomic mass is 32.1. The first kappa shape index (κ1) is 17.6. The van der Waals surface area contributed by atoms with Crippen LogP contribution in [-0.4, -0.2) is 41.3 Å². The van der Waals surface area contributed by atoms with E-state index in [0.29, 0.717) is 10.7 Å². The summed E-state index contributed by atoms with van der Waals surface area (Å²) in [6.07, 6.45) is 1.13. The third kappa shape index (κ3) is 4.64. The number of carbonyl (C=O) groups excluding carboxylic acids is 2. The van der Waals surface area contributed by atoms with Crippen molar-refractivity contribution in [3.63, 3.8) is 0 Å². The Bertz CT molecular complexity index is 760. The van der Waals surface area contributed by atoms with E-state index in [9.17, 15) is 9.59 Å². The Morgan fingerprint density at radius 1 is 1.32 bits per heavy atom. The number of hydrogen-bond donors (Lipinski definition) is 2. The predicted molar refractivity (Wildman–Crippen MR) is 98.8 cm³/mol. The average molecular weight is 358 g/mol. The second-order valence-electron chi connectivity index (χ2n) is 6.37. The molecule has 0 radical (unpaired) electrons. The van der Waals surface area contributed by atoms with Crippen LogP contribution in [0.3, 0.4) is 0 Å². The van der Waals surface area contributed by atoms with E-state index in [2.05, 4.69) is 27.6 Å². The lowest BCUT2D eigenvalue weighted by atomic mass is 10.1. The van der Waals surface area contributed by atoms with Crippen LogP contribution in [0.4, 0.5) is 5.13 Å².